The molecule has 0 aromatic heterocycles. The SMILES string of the molecule is COc1ccc(CNCc2ccc(F)c(F)c2)c(OC)c1. The Labute approximate surface area is 122 Å². The maximum absolute atomic E-state index is 13.1. The van der Waals surface area contributed by atoms with E-state index in [1.807, 2.05) is 12.1 Å². The Bertz CT molecular complexity index is 617. The van der Waals surface area contributed by atoms with Crippen LogP contribution in [0.5, 0.6) is 11.5 Å². The smallest absolute Gasteiger partial charge is 0.159 e. The molecule has 3 nitrogen and oxygen atoms in total. The molecule has 2 aromatic rings. The second-order valence-electron chi connectivity index (χ2n) is 4.53. The van der Waals surface area contributed by atoms with Gasteiger partial charge < -0.3 is 14.8 Å². The van der Waals surface area contributed by atoms with Gasteiger partial charge in [0.1, 0.15) is 11.5 Å². The zero-order valence-corrected chi connectivity index (χ0v) is 12.0. The van der Waals surface area contributed by atoms with Gasteiger partial charge in [0.15, 0.2) is 11.6 Å². The number of nitrogens with one attached hydrogen (secondary N) is 1. The van der Waals surface area contributed by atoms with Crippen molar-refractivity contribution >= 4 is 0 Å². The molecular weight excluding hydrogens is 276 g/mol. The van der Waals surface area contributed by atoms with Crippen molar-refractivity contribution in [1.82, 2.24) is 5.32 Å². The number of hydrogen-bond acceptors (Lipinski definition) is 3. The highest BCUT2D eigenvalue weighted by molar-refractivity contribution is 5.40. The van der Waals surface area contributed by atoms with Gasteiger partial charge in [-0.15, -0.1) is 0 Å². The zero-order chi connectivity index (χ0) is 15.2. The summed E-state index contributed by atoms with van der Waals surface area (Å²) in [4.78, 5) is 0. The first kappa shape index (κ1) is 15.3. The lowest BCUT2D eigenvalue weighted by atomic mass is 10.1. The normalized spacial score (nSPS) is 10.5. The van der Waals surface area contributed by atoms with Crippen molar-refractivity contribution in [1.29, 1.82) is 0 Å². The molecule has 2 rings (SSSR count). The maximum atomic E-state index is 13.1. The van der Waals surface area contributed by atoms with Crippen molar-refractivity contribution in [3.8, 4) is 11.5 Å². The Kier molecular flexibility index (Phi) is 5.11. The largest absolute Gasteiger partial charge is 0.497 e. The zero-order valence-electron chi connectivity index (χ0n) is 12.0. The number of ether oxygens (including phenoxy) is 2. The second kappa shape index (κ2) is 7.04. The van der Waals surface area contributed by atoms with Crippen LogP contribution in [0.4, 0.5) is 8.78 Å². The summed E-state index contributed by atoms with van der Waals surface area (Å²) in [6.07, 6.45) is 0. The highest BCUT2D eigenvalue weighted by Crippen LogP contribution is 2.24. The van der Waals surface area contributed by atoms with Gasteiger partial charge in [-0.1, -0.05) is 12.1 Å². The van der Waals surface area contributed by atoms with Gasteiger partial charge >= 0.3 is 0 Å². The van der Waals surface area contributed by atoms with E-state index in [0.29, 0.717) is 24.4 Å². The van der Waals surface area contributed by atoms with E-state index < -0.39 is 11.6 Å². The first-order valence-corrected chi connectivity index (χ1v) is 6.49. The van der Waals surface area contributed by atoms with E-state index >= 15 is 0 Å². The molecule has 0 aliphatic heterocycles. The van der Waals surface area contributed by atoms with Crippen LogP contribution in [0.25, 0.3) is 0 Å². The highest BCUT2D eigenvalue weighted by Gasteiger charge is 2.06. The molecule has 0 amide bonds. The fourth-order valence-corrected chi connectivity index (χ4v) is 1.99. The number of benzene rings is 2. The van der Waals surface area contributed by atoms with E-state index in [9.17, 15) is 8.78 Å². The van der Waals surface area contributed by atoms with Crippen LogP contribution in [0, 0.1) is 11.6 Å². The number of methoxy groups -OCH3 is 2. The predicted octanol–water partition coefficient (Wildman–Crippen LogP) is 3.27. The van der Waals surface area contributed by atoms with Gasteiger partial charge in [-0.3, -0.25) is 0 Å². The van der Waals surface area contributed by atoms with Crippen molar-refractivity contribution in [3.05, 3.63) is 59.2 Å². The van der Waals surface area contributed by atoms with E-state index in [4.69, 9.17) is 9.47 Å². The lowest BCUT2D eigenvalue weighted by Crippen LogP contribution is -2.13. The van der Waals surface area contributed by atoms with Crippen LogP contribution in [0.2, 0.25) is 0 Å². The molecule has 21 heavy (non-hydrogen) atoms. The molecule has 0 unspecified atom stereocenters. The quantitative estimate of drug-likeness (QED) is 0.886. The van der Waals surface area contributed by atoms with E-state index in [2.05, 4.69) is 5.32 Å². The summed E-state index contributed by atoms with van der Waals surface area (Å²) in [6.45, 7) is 0.985. The van der Waals surface area contributed by atoms with Crippen LogP contribution in [0.15, 0.2) is 36.4 Å². The summed E-state index contributed by atoms with van der Waals surface area (Å²) in [5, 5.41) is 3.17. The molecule has 0 radical (unpaired) electrons. The van der Waals surface area contributed by atoms with Crippen LogP contribution in [-0.4, -0.2) is 14.2 Å². The third-order valence-corrected chi connectivity index (χ3v) is 3.12. The summed E-state index contributed by atoms with van der Waals surface area (Å²) in [5.41, 5.74) is 1.64. The standard InChI is InChI=1S/C16H17F2NO2/c1-20-13-5-4-12(16(8-13)21-2)10-19-9-11-3-6-14(17)15(18)7-11/h3-8,19H,9-10H2,1-2H3. The molecule has 0 saturated heterocycles. The summed E-state index contributed by atoms with van der Waals surface area (Å²) in [6, 6.07) is 9.41. The van der Waals surface area contributed by atoms with Gasteiger partial charge in [0.05, 0.1) is 14.2 Å². The fraction of sp³-hybridized carbons (Fsp3) is 0.250. The molecule has 0 saturated carbocycles. The predicted molar refractivity (Wildman–Crippen MR) is 76.4 cm³/mol. The average Bonchev–Trinajstić information content (AvgIpc) is 2.51. The number of hydrogen-bond donors (Lipinski definition) is 1. The van der Waals surface area contributed by atoms with Crippen LogP contribution in [-0.2, 0) is 13.1 Å². The summed E-state index contributed by atoms with van der Waals surface area (Å²) in [5.74, 6) is -0.241. The Morgan fingerprint density at radius 3 is 2.38 bits per heavy atom. The molecule has 0 bridgehead atoms. The van der Waals surface area contributed by atoms with Gasteiger partial charge in [0.2, 0.25) is 0 Å². The van der Waals surface area contributed by atoms with Crippen LogP contribution in [0.1, 0.15) is 11.1 Å². The van der Waals surface area contributed by atoms with Crippen molar-refractivity contribution in [2.75, 3.05) is 14.2 Å². The minimum atomic E-state index is -0.837. The van der Waals surface area contributed by atoms with Crippen LogP contribution < -0.4 is 14.8 Å². The minimum Gasteiger partial charge on any atom is -0.497 e. The molecule has 1 N–H and O–H groups in total. The van der Waals surface area contributed by atoms with Crippen LogP contribution >= 0.6 is 0 Å². The first-order chi connectivity index (χ1) is 10.1. The molecule has 0 heterocycles. The molecule has 0 spiro atoms. The molecule has 2 aromatic carbocycles. The Hall–Kier alpha value is -2.14. The second-order valence-corrected chi connectivity index (χ2v) is 4.53. The van der Waals surface area contributed by atoms with Gasteiger partial charge in [-0.05, 0) is 23.8 Å². The first-order valence-electron chi connectivity index (χ1n) is 6.49. The lowest BCUT2D eigenvalue weighted by molar-refractivity contribution is 0.390. The van der Waals surface area contributed by atoms with E-state index in [1.54, 1.807) is 26.4 Å². The molecule has 0 aliphatic carbocycles. The minimum absolute atomic E-state index is 0.437. The topological polar surface area (TPSA) is 30.5 Å². The molecule has 5 heteroatoms. The van der Waals surface area contributed by atoms with Gasteiger partial charge in [0.25, 0.3) is 0 Å². The van der Waals surface area contributed by atoms with Gasteiger partial charge in [-0.2, -0.15) is 0 Å². The highest BCUT2D eigenvalue weighted by atomic mass is 19.2. The fourth-order valence-electron chi connectivity index (χ4n) is 1.99. The third kappa shape index (κ3) is 3.92. The number of halogens is 2. The monoisotopic (exact) mass is 293 g/mol. The van der Waals surface area contributed by atoms with Crippen LogP contribution in [0.3, 0.4) is 0 Å². The third-order valence-electron chi connectivity index (χ3n) is 3.12. The molecule has 0 fully saturated rings. The maximum Gasteiger partial charge on any atom is 0.159 e. The summed E-state index contributed by atoms with van der Waals surface area (Å²) < 4.78 is 36.4. The van der Waals surface area contributed by atoms with Crippen molar-refractivity contribution in [3.63, 3.8) is 0 Å². The Morgan fingerprint density at radius 1 is 0.905 bits per heavy atom. The van der Waals surface area contributed by atoms with E-state index in [1.165, 1.54) is 6.07 Å². The average molecular weight is 293 g/mol. The van der Waals surface area contributed by atoms with Crippen molar-refractivity contribution in [2.24, 2.45) is 0 Å². The number of rotatable bonds is 6. The van der Waals surface area contributed by atoms with Crippen molar-refractivity contribution < 1.29 is 18.3 Å². The van der Waals surface area contributed by atoms with Gasteiger partial charge in [0, 0.05) is 24.7 Å². The van der Waals surface area contributed by atoms with Gasteiger partial charge in [-0.25, -0.2) is 8.78 Å². The molecule has 0 atom stereocenters. The summed E-state index contributed by atoms with van der Waals surface area (Å²) >= 11 is 0. The molecule has 112 valence electrons. The Balaban J connectivity index is 1.98. The van der Waals surface area contributed by atoms with E-state index in [0.717, 1.165) is 17.4 Å². The summed E-state index contributed by atoms with van der Waals surface area (Å²) in [7, 11) is 3.18. The molecule has 0 aliphatic rings. The molecular formula is C16H17F2NO2. The lowest BCUT2D eigenvalue weighted by Gasteiger charge is -2.11. The van der Waals surface area contributed by atoms with Crippen molar-refractivity contribution in [2.45, 2.75) is 13.1 Å². The van der Waals surface area contributed by atoms with E-state index in [-0.39, 0.29) is 0 Å². The Morgan fingerprint density at radius 2 is 1.71 bits per heavy atom.